The molecule has 1 amide bonds. The van der Waals surface area contributed by atoms with Gasteiger partial charge in [0.25, 0.3) is 11.6 Å². The molecule has 8 nitrogen and oxygen atoms in total. The normalized spacial score (nSPS) is 16.2. The molecule has 0 spiro atoms. The van der Waals surface area contributed by atoms with E-state index in [1.807, 2.05) is 29.9 Å². The Balaban J connectivity index is 1.69. The SMILES string of the molecule is CN(Cc1cccn1C)C(=O)[C@@H]1CC(c2ccccc2[N+](=O)[O-])=NO1. The van der Waals surface area contributed by atoms with Gasteiger partial charge in [0.2, 0.25) is 6.10 Å². The zero-order valence-corrected chi connectivity index (χ0v) is 14.0. The number of hydrogen-bond donors (Lipinski definition) is 0. The van der Waals surface area contributed by atoms with Crippen LogP contribution in [-0.2, 0) is 23.2 Å². The van der Waals surface area contributed by atoms with E-state index in [4.69, 9.17) is 4.84 Å². The van der Waals surface area contributed by atoms with Crippen LogP contribution in [0.2, 0.25) is 0 Å². The number of amides is 1. The fraction of sp³-hybridized carbons (Fsp3) is 0.294. The molecular weight excluding hydrogens is 324 g/mol. The van der Waals surface area contributed by atoms with Crippen molar-refractivity contribution < 1.29 is 14.6 Å². The number of nitro groups is 1. The highest BCUT2D eigenvalue weighted by atomic mass is 16.6. The van der Waals surface area contributed by atoms with Crippen LogP contribution in [0.3, 0.4) is 0 Å². The molecule has 0 unspecified atom stereocenters. The van der Waals surface area contributed by atoms with Crippen LogP contribution in [0.1, 0.15) is 17.7 Å². The highest BCUT2D eigenvalue weighted by molar-refractivity contribution is 6.06. The van der Waals surface area contributed by atoms with E-state index >= 15 is 0 Å². The van der Waals surface area contributed by atoms with Crippen LogP contribution in [0, 0.1) is 10.1 Å². The molecule has 0 fully saturated rings. The number of para-hydroxylation sites is 1. The summed E-state index contributed by atoms with van der Waals surface area (Å²) in [7, 11) is 3.61. The maximum atomic E-state index is 12.6. The Morgan fingerprint density at radius 1 is 1.40 bits per heavy atom. The molecule has 0 saturated heterocycles. The van der Waals surface area contributed by atoms with E-state index in [9.17, 15) is 14.9 Å². The number of hydrogen-bond acceptors (Lipinski definition) is 5. The molecule has 1 aliphatic rings. The average Bonchev–Trinajstić information content (AvgIpc) is 3.24. The summed E-state index contributed by atoms with van der Waals surface area (Å²) >= 11 is 0. The highest BCUT2D eigenvalue weighted by Crippen LogP contribution is 2.25. The second kappa shape index (κ2) is 6.76. The van der Waals surface area contributed by atoms with Crippen LogP contribution in [0.5, 0.6) is 0 Å². The second-order valence-electron chi connectivity index (χ2n) is 5.92. The van der Waals surface area contributed by atoms with E-state index < -0.39 is 11.0 Å². The van der Waals surface area contributed by atoms with Gasteiger partial charge in [0.15, 0.2) is 0 Å². The van der Waals surface area contributed by atoms with Crippen LogP contribution in [0.4, 0.5) is 5.69 Å². The van der Waals surface area contributed by atoms with Crippen molar-refractivity contribution in [3.63, 3.8) is 0 Å². The van der Waals surface area contributed by atoms with Crippen molar-refractivity contribution in [1.82, 2.24) is 9.47 Å². The van der Waals surface area contributed by atoms with Gasteiger partial charge in [0, 0.05) is 38.5 Å². The lowest BCUT2D eigenvalue weighted by atomic mass is 10.0. The first-order chi connectivity index (χ1) is 12.0. The fourth-order valence-corrected chi connectivity index (χ4v) is 2.77. The standard InChI is InChI=1S/C17H18N4O4/c1-19-9-5-6-12(19)11-20(2)17(22)16-10-14(18-25-16)13-7-3-4-8-15(13)21(23)24/h3-9,16H,10-11H2,1-2H3/t16-/m0/s1. The lowest BCUT2D eigenvalue weighted by Gasteiger charge is -2.20. The molecule has 0 saturated carbocycles. The molecule has 0 radical (unpaired) electrons. The third-order valence-corrected chi connectivity index (χ3v) is 4.18. The van der Waals surface area contributed by atoms with Gasteiger partial charge in [0.1, 0.15) is 0 Å². The number of benzene rings is 1. The van der Waals surface area contributed by atoms with Crippen molar-refractivity contribution in [2.24, 2.45) is 12.2 Å². The van der Waals surface area contributed by atoms with Crippen molar-refractivity contribution in [1.29, 1.82) is 0 Å². The van der Waals surface area contributed by atoms with E-state index in [1.54, 1.807) is 30.1 Å². The monoisotopic (exact) mass is 342 g/mol. The molecule has 2 heterocycles. The summed E-state index contributed by atoms with van der Waals surface area (Å²) in [5.74, 6) is -0.210. The first-order valence-corrected chi connectivity index (χ1v) is 7.79. The van der Waals surface area contributed by atoms with E-state index in [0.717, 1.165) is 5.69 Å². The van der Waals surface area contributed by atoms with Gasteiger partial charge in [-0.3, -0.25) is 14.9 Å². The summed E-state index contributed by atoms with van der Waals surface area (Å²) in [6, 6.07) is 10.2. The number of carbonyl (C=O) groups excluding carboxylic acids is 1. The molecule has 1 aromatic carbocycles. The Morgan fingerprint density at radius 2 is 2.16 bits per heavy atom. The number of rotatable bonds is 5. The summed E-state index contributed by atoms with van der Waals surface area (Å²) in [6.07, 6.45) is 1.36. The summed E-state index contributed by atoms with van der Waals surface area (Å²) in [6.45, 7) is 0.447. The Hall–Kier alpha value is -3.16. The quantitative estimate of drug-likeness (QED) is 0.614. The van der Waals surface area contributed by atoms with Gasteiger partial charge in [-0.1, -0.05) is 17.3 Å². The Bertz CT molecular complexity index is 843. The Kier molecular flexibility index (Phi) is 4.51. The molecule has 3 rings (SSSR count). The zero-order chi connectivity index (χ0) is 18.0. The van der Waals surface area contributed by atoms with Crippen molar-refractivity contribution >= 4 is 17.3 Å². The summed E-state index contributed by atoms with van der Waals surface area (Å²) < 4.78 is 1.94. The maximum Gasteiger partial charge on any atom is 0.278 e. The van der Waals surface area contributed by atoms with Gasteiger partial charge in [0.05, 0.1) is 22.7 Å². The van der Waals surface area contributed by atoms with Crippen LogP contribution < -0.4 is 0 Å². The van der Waals surface area contributed by atoms with Gasteiger partial charge in [-0.2, -0.15) is 0 Å². The van der Waals surface area contributed by atoms with Crippen molar-refractivity contribution in [2.45, 2.75) is 19.1 Å². The van der Waals surface area contributed by atoms with Crippen molar-refractivity contribution in [2.75, 3.05) is 7.05 Å². The first-order valence-electron chi connectivity index (χ1n) is 7.79. The van der Waals surface area contributed by atoms with E-state index in [1.165, 1.54) is 6.07 Å². The minimum atomic E-state index is -0.764. The number of likely N-dealkylation sites (N-methyl/N-ethyl adjacent to an activating group) is 1. The molecule has 130 valence electrons. The number of aryl methyl sites for hydroxylation is 1. The highest BCUT2D eigenvalue weighted by Gasteiger charge is 2.33. The largest absolute Gasteiger partial charge is 0.382 e. The smallest absolute Gasteiger partial charge is 0.278 e. The van der Waals surface area contributed by atoms with Crippen LogP contribution in [0.25, 0.3) is 0 Å². The molecule has 1 aliphatic heterocycles. The first kappa shape index (κ1) is 16.7. The minimum Gasteiger partial charge on any atom is -0.382 e. The molecule has 1 atom stereocenters. The van der Waals surface area contributed by atoms with Crippen molar-refractivity contribution in [3.05, 3.63) is 64.0 Å². The number of nitrogens with zero attached hydrogens (tertiary/aromatic N) is 4. The lowest BCUT2D eigenvalue weighted by Crippen LogP contribution is -2.36. The molecule has 8 heteroatoms. The van der Waals surface area contributed by atoms with Crippen LogP contribution >= 0.6 is 0 Å². The van der Waals surface area contributed by atoms with Crippen LogP contribution in [0.15, 0.2) is 47.8 Å². The predicted molar refractivity (Wildman–Crippen MR) is 91.0 cm³/mol. The summed E-state index contributed by atoms with van der Waals surface area (Å²) in [5.41, 5.74) is 1.75. The van der Waals surface area contributed by atoms with E-state index in [0.29, 0.717) is 17.8 Å². The second-order valence-corrected chi connectivity index (χ2v) is 5.92. The number of nitro benzene ring substituents is 1. The molecule has 2 aromatic rings. The van der Waals surface area contributed by atoms with Gasteiger partial charge < -0.3 is 14.3 Å². The van der Waals surface area contributed by atoms with Gasteiger partial charge in [-0.15, -0.1) is 0 Å². The zero-order valence-electron chi connectivity index (χ0n) is 14.0. The number of oxime groups is 1. The Morgan fingerprint density at radius 3 is 2.84 bits per heavy atom. The fourth-order valence-electron chi connectivity index (χ4n) is 2.77. The topological polar surface area (TPSA) is 90.0 Å². The maximum absolute atomic E-state index is 12.6. The van der Waals surface area contributed by atoms with E-state index in [-0.39, 0.29) is 18.0 Å². The third kappa shape index (κ3) is 3.37. The molecule has 0 aliphatic carbocycles. The number of carbonyl (C=O) groups is 1. The van der Waals surface area contributed by atoms with E-state index in [2.05, 4.69) is 5.16 Å². The van der Waals surface area contributed by atoms with Crippen molar-refractivity contribution in [3.8, 4) is 0 Å². The van der Waals surface area contributed by atoms with Crippen LogP contribution in [-0.4, -0.2) is 39.2 Å². The molecular formula is C17H18N4O4. The minimum absolute atomic E-state index is 0.0462. The van der Waals surface area contributed by atoms with Gasteiger partial charge in [-0.05, 0) is 18.2 Å². The Labute approximate surface area is 144 Å². The summed E-state index contributed by atoms with van der Waals surface area (Å²) in [5, 5.41) is 15.1. The summed E-state index contributed by atoms with van der Waals surface area (Å²) in [4.78, 5) is 30.1. The molecule has 0 N–H and O–H groups in total. The predicted octanol–water partition coefficient (Wildman–Crippen LogP) is 2.08. The molecule has 1 aromatic heterocycles. The van der Waals surface area contributed by atoms with Gasteiger partial charge in [-0.25, -0.2) is 0 Å². The number of aromatic nitrogens is 1. The lowest BCUT2D eigenvalue weighted by molar-refractivity contribution is -0.385. The average molecular weight is 342 g/mol. The molecule has 25 heavy (non-hydrogen) atoms. The third-order valence-electron chi connectivity index (χ3n) is 4.18. The van der Waals surface area contributed by atoms with Gasteiger partial charge >= 0.3 is 0 Å². The molecule has 0 bridgehead atoms.